The highest BCUT2D eigenvalue weighted by Gasteiger charge is 2.27. The molecule has 1 amide bonds. The second kappa shape index (κ2) is 6.36. The summed E-state index contributed by atoms with van der Waals surface area (Å²) in [5.41, 5.74) is 0. The Morgan fingerprint density at radius 1 is 1.18 bits per heavy atom. The van der Waals surface area contributed by atoms with E-state index in [1.165, 1.54) is 25.9 Å². The van der Waals surface area contributed by atoms with Crippen molar-refractivity contribution in [2.24, 2.45) is 0 Å². The van der Waals surface area contributed by atoms with Crippen molar-refractivity contribution in [3.63, 3.8) is 0 Å². The van der Waals surface area contributed by atoms with E-state index in [2.05, 4.69) is 4.90 Å². The highest BCUT2D eigenvalue weighted by molar-refractivity contribution is 5.77. The zero-order valence-electron chi connectivity index (χ0n) is 10.9. The van der Waals surface area contributed by atoms with Crippen LogP contribution >= 0.6 is 0 Å². The van der Waals surface area contributed by atoms with Crippen molar-refractivity contribution in [3.8, 4) is 0 Å². The SMILES string of the molecule is CCOCC(=O)N1CCC(N2CCCC2)CC1. The Kier molecular flexibility index (Phi) is 4.80. The number of carbonyl (C=O) groups is 1. The number of piperidine rings is 1. The van der Waals surface area contributed by atoms with Gasteiger partial charge in [-0.3, -0.25) is 4.79 Å². The highest BCUT2D eigenvalue weighted by atomic mass is 16.5. The summed E-state index contributed by atoms with van der Waals surface area (Å²) in [5.74, 6) is 0.159. The van der Waals surface area contributed by atoms with Crippen LogP contribution in [0.25, 0.3) is 0 Å². The van der Waals surface area contributed by atoms with Crippen molar-refractivity contribution < 1.29 is 9.53 Å². The third-order valence-corrected chi connectivity index (χ3v) is 3.90. The molecular weight excluding hydrogens is 216 g/mol. The summed E-state index contributed by atoms with van der Waals surface area (Å²) in [7, 11) is 0. The molecule has 2 aliphatic rings. The first-order valence-electron chi connectivity index (χ1n) is 6.91. The van der Waals surface area contributed by atoms with E-state index in [1.54, 1.807) is 0 Å². The van der Waals surface area contributed by atoms with E-state index in [9.17, 15) is 4.79 Å². The molecule has 0 atom stereocenters. The quantitative estimate of drug-likeness (QED) is 0.738. The summed E-state index contributed by atoms with van der Waals surface area (Å²) < 4.78 is 5.17. The molecule has 2 saturated heterocycles. The number of hydrogen-bond acceptors (Lipinski definition) is 3. The van der Waals surface area contributed by atoms with Gasteiger partial charge in [-0.25, -0.2) is 0 Å². The van der Waals surface area contributed by atoms with Gasteiger partial charge >= 0.3 is 0 Å². The number of hydrogen-bond donors (Lipinski definition) is 0. The van der Waals surface area contributed by atoms with Gasteiger partial charge in [-0.1, -0.05) is 0 Å². The molecule has 4 heteroatoms. The van der Waals surface area contributed by atoms with E-state index >= 15 is 0 Å². The van der Waals surface area contributed by atoms with Crippen molar-refractivity contribution in [2.45, 2.75) is 38.6 Å². The van der Waals surface area contributed by atoms with E-state index in [-0.39, 0.29) is 12.5 Å². The van der Waals surface area contributed by atoms with E-state index < -0.39 is 0 Å². The maximum absolute atomic E-state index is 11.8. The van der Waals surface area contributed by atoms with Crippen molar-refractivity contribution in [1.82, 2.24) is 9.80 Å². The van der Waals surface area contributed by atoms with Crippen LogP contribution in [0.5, 0.6) is 0 Å². The predicted octanol–water partition coefficient (Wildman–Crippen LogP) is 1.11. The monoisotopic (exact) mass is 240 g/mol. The van der Waals surface area contributed by atoms with Crippen LogP contribution in [0.1, 0.15) is 32.6 Å². The van der Waals surface area contributed by atoms with Gasteiger partial charge in [0.1, 0.15) is 6.61 Å². The summed E-state index contributed by atoms with van der Waals surface area (Å²) >= 11 is 0. The average molecular weight is 240 g/mol. The number of ether oxygens (including phenoxy) is 1. The van der Waals surface area contributed by atoms with Gasteiger partial charge in [-0.05, 0) is 45.7 Å². The van der Waals surface area contributed by atoms with Crippen molar-refractivity contribution in [1.29, 1.82) is 0 Å². The van der Waals surface area contributed by atoms with Crippen LogP contribution in [0.2, 0.25) is 0 Å². The zero-order valence-corrected chi connectivity index (χ0v) is 10.9. The Bertz CT molecular complexity index is 244. The van der Waals surface area contributed by atoms with Gasteiger partial charge in [0.2, 0.25) is 5.91 Å². The Hall–Kier alpha value is -0.610. The molecule has 0 N–H and O–H groups in total. The van der Waals surface area contributed by atoms with E-state index in [4.69, 9.17) is 4.74 Å². The van der Waals surface area contributed by atoms with Crippen LogP contribution < -0.4 is 0 Å². The number of amides is 1. The molecular formula is C13H24N2O2. The average Bonchev–Trinajstić information content (AvgIpc) is 2.90. The van der Waals surface area contributed by atoms with Gasteiger partial charge < -0.3 is 14.5 Å². The summed E-state index contributed by atoms with van der Waals surface area (Å²) in [6.07, 6.45) is 4.97. The van der Waals surface area contributed by atoms with Gasteiger partial charge in [0.05, 0.1) is 0 Å². The van der Waals surface area contributed by atoms with Gasteiger partial charge in [-0.15, -0.1) is 0 Å². The molecule has 17 heavy (non-hydrogen) atoms. The van der Waals surface area contributed by atoms with Crippen molar-refractivity contribution >= 4 is 5.91 Å². The summed E-state index contributed by atoms with van der Waals surface area (Å²) in [6.45, 7) is 7.14. The Morgan fingerprint density at radius 3 is 2.41 bits per heavy atom. The fourth-order valence-corrected chi connectivity index (χ4v) is 2.87. The molecule has 0 aromatic carbocycles. The molecule has 0 spiro atoms. The summed E-state index contributed by atoms with van der Waals surface area (Å²) in [4.78, 5) is 16.3. The Balaban J connectivity index is 1.71. The first-order chi connectivity index (χ1) is 8.31. The molecule has 0 unspecified atom stereocenters. The van der Waals surface area contributed by atoms with Crippen molar-refractivity contribution in [3.05, 3.63) is 0 Å². The molecule has 0 bridgehead atoms. The van der Waals surface area contributed by atoms with Crippen LogP contribution in [-0.2, 0) is 9.53 Å². The normalized spacial score (nSPS) is 23.2. The zero-order chi connectivity index (χ0) is 12.1. The van der Waals surface area contributed by atoms with E-state index in [1.807, 2.05) is 11.8 Å². The van der Waals surface area contributed by atoms with Gasteiger partial charge in [0.25, 0.3) is 0 Å². The first-order valence-corrected chi connectivity index (χ1v) is 6.91. The highest BCUT2D eigenvalue weighted by Crippen LogP contribution is 2.20. The minimum Gasteiger partial charge on any atom is -0.372 e. The Morgan fingerprint density at radius 2 is 1.82 bits per heavy atom. The lowest BCUT2D eigenvalue weighted by Gasteiger charge is -2.36. The van der Waals surface area contributed by atoms with Crippen LogP contribution in [0.3, 0.4) is 0 Å². The second-order valence-electron chi connectivity index (χ2n) is 4.99. The second-order valence-corrected chi connectivity index (χ2v) is 4.99. The topological polar surface area (TPSA) is 32.8 Å². The van der Waals surface area contributed by atoms with Crippen LogP contribution in [0.4, 0.5) is 0 Å². The van der Waals surface area contributed by atoms with E-state index in [0.717, 1.165) is 25.9 Å². The number of nitrogens with zero attached hydrogens (tertiary/aromatic N) is 2. The first kappa shape index (κ1) is 12.8. The number of carbonyl (C=O) groups excluding carboxylic acids is 1. The van der Waals surface area contributed by atoms with Crippen molar-refractivity contribution in [2.75, 3.05) is 39.4 Å². The third kappa shape index (κ3) is 3.42. The smallest absolute Gasteiger partial charge is 0.248 e. The number of likely N-dealkylation sites (tertiary alicyclic amines) is 2. The lowest BCUT2D eigenvalue weighted by molar-refractivity contribution is -0.137. The fraction of sp³-hybridized carbons (Fsp3) is 0.923. The largest absolute Gasteiger partial charge is 0.372 e. The van der Waals surface area contributed by atoms with Crippen LogP contribution in [0.15, 0.2) is 0 Å². The lowest BCUT2D eigenvalue weighted by atomic mass is 10.0. The van der Waals surface area contributed by atoms with Gasteiger partial charge in [0, 0.05) is 25.7 Å². The number of rotatable bonds is 4. The maximum Gasteiger partial charge on any atom is 0.248 e. The minimum atomic E-state index is 0.159. The molecule has 2 rings (SSSR count). The molecule has 2 aliphatic heterocycles. The summed E-state index contributed by atoms with van der Waals surface area (Å²) in [6, 6.07) is 0.716. The predicted molar refractivity (Wildman–Crippen MR) is 66.9 cm³/mol. The molecule has 0 aromatic rings. The maximum atomic E-state index is 11.8. The fourth-order valence-electron chi connectivity index (χ4n) is 2.87. The van der Waals surface area contributed by atoms with Gasteiger partial charge in [0.15, 0.2) is 0 Å². The van der Waals surface area contributed by atoms with E-state index in [0.29, 0.717) is 12.6 Å². The molecule has 2 heterocycles. The molecule has 0 aliphatic carbocycles. The molecule has 0 radical (unpaired) electrons. The Labute approximate surface area is 104 Å². The lowest BCUT2D eigenvalue weighted by Crippen LogP contribution is -2.46. The molecule has 2 fully saturated rings. The standard InChI is InChI=1S/C13H24N2O2/c1-2-17-11-13(16)15-9-5-12(6-10-15)14-7-3-4-8-14/h12H,2-11H2,1H3. The molecule has 98 valence electrons. The minimum absolute atomic E-state index is 0.159. The molecule has 0 aromatic heterocycles. The van der Waals surface area contributed by atoms with Crippen LogP contribution in [-0.4, -0.2) is 61.1 Å². The molecule has 4 nitrogen and oxygen atoms in total. The summed E-state index contributed by atoms with van der Waals surface area (Å²) in [5, 5.41) is 0. The van der Waals surface area contributed by atoms with Gasteiger partial charge in [-0.2, -0.15) is 0 Å². The molecule has 0 saturated carbocycles. The third-order valence-electron chi connectivity index (χ3n) is 3.90. The van der Waals surface area contributed by atoms with Crippen LogP contribution in [0, 0.1) is 0 Å².